The quantitative estimate of drug-likeness (QED) is 0.837. The first-order chi connectivity index (χ1) is 10.5. The van der Waals surface area contributed by atoms with Gasteiger partial charge in [-0.1, -0.05) is 13.0 Å². The van der Waals surface area contributed by atoms with Crippen LogP contribution < -0.4 is 15.4 Å². The molecule has 0 saturated carbocycles. The van der Waals surface area contributed by atoms with Gasteiger partial charge >= 0.3 is 0 Å². The number of ether oxygens (including phenoxy) is 1. The van der Waals surface area contributed by atoms with E-state index in [1.807, 2.05) is 18.2 Å². The number of halogens is 1. The maximum atomic E-state index is 11.9. The SMILES string of the molecule is Cc1ccc(OCCC(=O)NCC2(C)CCNCC2)cc1C.Cl. The van der Waals surface area contributed by atoms with Crippen LogP contribution in [0.1, 0.15) is 37.3 Å². The number of piperidine rings is 1. The van der Waals surface area contributed by atoms with Crippen LogP contribution in [0.5, 0.6) is 5.75 Å². The van der Waals surface area contributed by atoms with Gasteiger partial charge in [0.05, 0.1) is 13.0 Å². The third-order valence-corrected chi connectivity index (χ3v) is 4.60. The summed E-state index contributed by atoms with van der Waals surface area (Å²) in [5.74, 6) is 0.907. The Kier molecular flexibility index (Phi) is 7.86. The minimum absolute atomic E-state index is 0. The molecule has 0 aromatic heterocycles. The molecule has 0 aliphatic carbocycles. The van der Waals surface area contributed by atoms with Gasteiger partial charge < -0.3 is 15.4 Å². The largest absolute Gasteiger partial charge is 0.493 e. The van der Waals surface area contributed by atoms with E-state index in [1.54, 1.807) is 0 Å². The van der Waals surface area contributed by atoms with Crippen LogP contribution >= 0.6 is 12.4 Å². The average molecular weight is 341 g/mol. The van der Waals surface area contributed by atoms with E-state index in [0.717, 1.165) is 38.2 Å². The van der Waals surface area contributed by atoms with Crippen molar-refractivity contribution < 1.29 is 9.53 Å². The van der Waals surface area contributed by atoms with Gasteiger partial charge in [0.1, 0.15) is 5.75 Å². The average Bonchev–Trinajstić information content (AvgIpc) is 2.50. The van der Waals surface area contributed by atoms with Crippen molar-refractivity contribution in [1.82, 2.24) is 10.6 Å². The second kappa shape index (κ2) is 9.14. The second-order valence-electron chi connectivity index (χ2n) is 6.68. The Morgan fingerprint density at radius 2 is 1.96 bits per heavy atom. The maximum Gasteiger partial charge on any atom is 0.223 e. The van der Waals surface area contributed by atoms with Crippen molar-refractivity contribution in [1.29, 1.82) is 0 Å². The molecule has 1 aromatic carbocycles. The highest BCUT2D eigenvalue weighted by Gasteiger charge is 2.26. The van der Waals surface area contributed by atoms with E-state index in [2.05, 4.69) is 31.4 Å². The molecule has 1 fully saturated rings. The van der Waals surface area contributed by atoms with Crippen molar-refractivity contribution in [3.8, 4) is 5.75 Å². The first-order valence-electron chi connectivity index (χ1n) is 8.16. The summed E-state index contributed by atoms with van der Waals surface area (Å²) in [4.78, 5) is 11.9. The molecule has 0 unspecified atom stereocenters. The zero-order chi connectivity index (χ0) is 16.0. The molecular weight excluding hydrogens is 312 g/mol. The molecule has 1 aromatic rings. The highest BCUT2D eigenvalue weighted by molar-refractivity contribution is 5.85. The summed E-state index contributed by atoms with van der Waals surface area (Å²) in [6, 6.07) is 6.02. The van der Waals surface area contributed by atoms with E-state index >= 15 is 0 Å². The fourth-order valence-corrected chi connectivity index (χ4v) is 2.67. The molecule has 23 heavy (non-hydrogen) atoms. The lowest BCUT2D eigenvalue weighted by atomic mass is 9.81. The Labute approximate surface area is 145 Å². The van der Waals surface area contributed by atoms with Gasteiger partial charge in [0.25, 0.3) is 0 Å². The fraction of sp³-hybridized carbons (Fsp3) is 0.611. The molecule has 1 amide bonds. The summed E-state index contributed by atoms with van der Waals surface area (Å²) in [7, 11) is 0. The van der Waals surface area contributed by atoms with Gasteiger partial charge in [0.2, 0.25) is 5.91 Å². The topological polar surface area (TPSA) is 50.4 Å². The monoisotopic (exact) mass is 340 g/mol. The van der Waals surface area contributed by atoms with Crippen LogP contribution in [-0.4, -0.2) is 32.1 Å². The second-order valence-corrected chi connectivity index (χ2v) is 6.68. The van der Waals surface area contributed by atoms with Gasteiger partial charge in [-0.15, -0.1) is 12.4 Å². The molecule has 130 valence electrons. The van der Waals surface area contributed by atoms with Crippen molar-refractivity contribution in [2.75, 3.05) is 26.2 Å². The number of carbonyl (C=O) groups is 1. The van der Waals surface area contributed by atoms with E-state index in [-0.39, 0.29) is 23.7 Å². The Balaban J connectivity index is 0.00000264. The van der Waals surface area contributed by atoms with Crippen LogP contribution in [0.4, 0.5) is 0 Å². The van der Waals surface area contributed by atoms with Crippen LogP contribution in [0.2, 0.25) is 0 Å². The van der Waals surface area contributed by atoms with Crippen molar-refractivity contribution in [2.24, 2.45) is 5.41 Å². The summed E-state index contributed by atoms with van der Waals surface area (Å²) >= 11 is 0. The number of aryl methyl sites for hydroxylation is 2. The van der Waals surface area contributed by atoms with Gasteiger partial charge in [-0.05, 0) is 68.5 Å². The van der Waals surface area contributed by atoms with Gasteiger partial charge in [-0.25, -0.2) is 0 Å². The number of benzene rings is 1. The summed E-state index contributed by atoms with van der Waals surface area (Å²) in [5.41, 5.74) is 2.69. The fourth-order valence-electron chi connectivity index (χ4n) is 2.67. The zero-order valence-electron chi connectivity index (χ0n) is 14.4. The summed E-state index contributed by atoms with van der Waals surface area (Å²) in [6.07, 6.45) is 2.64. The van der Waals surface area contributed by atoms with Crippen LogP contribution in [-0.2, 0) is 4.79 Å². The third kappa shape index (κ3) is 6.40. The predicted octanol–water partition coefficient (Wildman–Crippen LogP) is 3.00. The first-order valence-corrected chi connectivity index (χ1v) is 8.16. The minimum Gasteiger partial charge on any atom is -0.493 e. The number of carbonyl (C=O) groups excluding carboxylic acids is 1. The summed E-state index contributed by atoms with van der Waals surface area (Å²) < 4.78 is 5.66. The van der Waals surface area contributed by atoms with E-state index in [0.29, 0.717) is 13.0 Å². The molecular formula is C18H29ClN2O2. The number of hydrogen-bond acceptors (Lipinski definition) is 3. The maximum absolute atomic E-state index is 11.9. The Hall–Kier alpha value is -1.26. The molecule has 4 nitrogen and oxygen atoms in total. The molecule has 1 saturated heterocycles. The summed E-state index contributed by atoms with van der Waals surface area (Å²) in [6.45, 7) is 9.66. The van der Waals surface area contributed by atoms with Crippen molar-refractivity contribution >= 4 is 18.3 Å². The van der Waals surface area contributed by atoms with E-state index in [9.17, 15) is 4.79 Å². The van der Waals surface area contributed by atoms with Crippen LogP contribution in [0.3, 0.4) is 0 Å². The van der Waals surface area contributed by atoms with Crippen LogP contribution in [0, 0.1) is 19.3 Å². The van der Waals surface area contributed by atoms with E-state index in [1.165, 1.54) is 11.1 Å². The minimum atomic E-state index is 0. The molecule has 0 bridgehead atoms. The lowest BCUT2D eigenvalue weighted by Gasteiger charge is -2.34. The smallest absolute Gasteiger partial charge is 0.223 e. The van der Waals surface area contributed by atoms with Crippen molar-refractivity contribution in [3.05, 3.63) is 29.3 Å². The highest BCUT2D eigenvalue weighted by Crippen LogP contribution is 2.26. The predicted molar refractivity (Wildman–Crippen MR) is 96.5 cm³/mol. The van der Waals surface area contributed by atoms with Gasteiger partial charge in [0, 0.05) is 6.54 Å². The number of amides is 1. The van der Waals surface area contributed by atoms with E-state index < -0.39 is 0 Å². The Morgan fingerprint density at radius 1 is 1.26 bits per heavy atom. The third-order valence-electron chi connectivity index (χ3n) is 4.60. The standard InChI is InChI=1S/C18H28N2O2.ClH/c1-14-4-5-16(12-15(14)2)22-11-6-17(21)20-13-18(3)7-9-19-10-8-18;/h4-5,12,19H,6-11,13H2,1-3H3,(H,20,21);1H. The lowest BCUT2D eigenvalue weighted by Crippen LogP contribution is -2.43. The first kappa shape index (κ1) is 19.8. The zero-order valence-corrected chi connectivity index (χ0v) is 15.2. The van der Waals surface area contributed by atoms with E-state index in [4.69, 9.17) is 4.74 Å². The Morgan fingerprint density at radius 3 is 2.61 bits per heavy atom. The van der Waals surface area contributed by atoms with Crippen LogP contribution in [0.25, 0.3) is 0 Å². The molecule has 1 aliphatic rings. The van der Waals surface area contributed by atoms with Gasteiger partial charge in [0.15, 0.2) is 0 Å². The molecule has 5 heteroatoms. The van der Waals surface area contributed by atoms with Gasteiger partial charge in [-0.2, -0.15) is 0 Å². The molecule has 0 atom stereocenters. The number of nitrogens with one attached hydrogen (secondary N) is 2. The molecule has 2 rings (SSSR count). The molecule has 1 aliphatic heterocycles. The summed E-state index contributed by atoms with van der Waals surface area (Å²) in [5, 5.41) is 6.41. The van der Waals surface area contributed by atoms with Crippen molar-refractivity contribution in [3.63, 3.8) is 0 Å². The highest BCUT2D eigenvalue weighted by atomic mass is 35.5. The normalized spacial score (nSPS) is 16.3. The number of hydrogen-bond donors (Lipinski definition) is 2. The molecule has 0 spiro atoms. The lowest BCUT2D eigenvalue weighted by molar-refractivity contribution is -0.122. The molecule has 0 radical (unpaired) electrons. The van der Waals surface area contributed by atoms with Crippen LogP contribution in [0.15, 0.2) is 18.2 Å². The van der Waals surface area contributed by atoms with Crippen molar-refractivity contribution in [2.45, 2.75) is 40.0 Å². The van der Waals surface area contributed by atoms with Gasteiger partial charge in [-0.3, -0.25) is 4.79 Å². The molecule has 2 N–H and O–H groups in total. The Bertz CT molecular complexity index is 514. The number of rotatable bonds is 6. The molecule has 1 heterocycles.